The van der Waals surface area contributed by atoms with Gasteiger partial charge in [0.1, 0.15) is 4.99 Å². The van der Waals surface area contributed by atoms with Crippen molar-refractivity contribution in [1.29, 1.82) is 0 Å². The summed E-state index contributed by atoms with van der Waals surface area (Å²) in [6.07, 6.45) is 3.42. The minimum Gasteiger partial charge on any atom is -0.389 e. The number of nitrogens with one attached hydrogen (secondary N) is 1. The highest BCUT2D eigenvalue weighted by Gasteiger charge is 2.16. The summed E-state index contributed by atoms with van der Waals surface area (Å²) in [5.74, 6) is 0.126. The SMILES string of the molecule is NC(=S)c1cc(Br)ccc1NCC(=O)N1CCCCC1. The standard InChI is InChI=1S/C14H18BrN3OS/c15-10-4-5-12(11(8-10)14(16)20)17-9-13(19)18-6-2-1-3-7-18/h4-5,8,17H,1-3,6-7,9H2,(H2,16,20). The number of hydrogen-bond acceptors (Lipinski definition) is 3. The molecule has 1 fully saturated rings. The van der Waals surface area contributed by atoms with E-state index in [0.29, 0.717) is 4.99 Å². The Morgan fingerprint density at radius 3 is 2.70 bits per heavy atom. The fraction of sp³-hybridized carbons (Fsp3) is 0.429. The Hall–Kier alpha value is -1.14. The Labute approximate surface area is 132 Å². The predicted molar refractivity (Wildman–Crippen MR) is 89.0 cm³/mol. The Bertz CT molecular complexity index is 515. The maximum absolute atomic E-state index is 12.1. The van der Waals surface area contributed by atoms with Crippen molar-refractivity contribution < 1.29 is 4.79 Å². The molecule has 0 bridgehead atoms. The summed E-state index contributed by atoms with van der Waals surface area (Å²) >= 11 is 8.42. The van der Waals surface area contributed by atoms with Gasteiger partial charge >= 0.3 is 0 Å². The summed E-state index contributed by atoms with van der Waals surface area (Å²) in [5, 5.41) is 3.14. The quantitative estimate of drug-likeness (QED) is 0.814. The molecule has 108 valence electrons. The zero-order valence-electron chi connectivity index (χ0n) is 11.2. The number of piperidine rings is 1. The second-order valence-corrected chi connectivity index (χ2v) is 6.20. The van der Waals surface area contributed by atoms with Crippen molar-refractivity contribution in [2.75, 3.05) is 25.0 Å². The molecule has 6 heteroatoms. The van der Waals surface area contributed by atoms with Crippen LogP contribution in [-0.2, 0) is 4.79 Å². The molecular weight excluding hydrogens is 338 g/mol. The highest BCUT2D eigenvalue weighted by Crippen LogP contribution is 2.21. The van der Waals surface area contributed by atoms with E-state index in [-0.39, 0.29) is 12.5 Å². The van der Waals surface area contributed by atoms with Crippen molar-refractivity contribution in [2.24, 2.45) is 5.73 Å². The molecule has 3 N–H and O–H groups in total. The molecule has 0 spiro atoms. The zero-order valence-corrected chi connectivity index (χ0v) is 13.6. The molecule has 1 aromatic carbocycles. The van der Waals surface area contributed by atoms with Crippen molar-refractivity contribution >= 4 is 44.7 Å². The fourth-order valence-corrected chi connectivity index (χ4v) is 2.83. The van der Waals surface area contributed by atoms with Gasteiger partial charge in [-0.2, -0.15) is 0 Å². The average Bonchev–Trinajstić information content (AvgIpc) is 2.46. The first-order valence-electron chi connectivity index (χ1n) is 6.69. The van der Waals surface area contributed by atoms with Crippen LogP contribution in [0.1, 0.15) is 24.8 Å². The van der Waals surface area contributed by atoms with Gasteiger partial charge in [-0.15, -0.1) is 0 Å². The van der Waals surface area contributed by atoms with Gasteiger partial charge in [-0.05, 0) is 37.5 Å². The predicted octanol–water partition coefficient (Wildman–Crippen LogP) is 2.51. The van der Waals surface area contributed by atoms with Crippen LogP contribution in [0.3, 0.4) is 0 Å². The van der Waals surface area contributed by atoms with Crippen molar-refractivity contribution in [3.8, 4) is 0 Å². The Morgan fingerprint density at radius 2 is 2.05 bits per heavy atom. The van der Waals surface area contributed by atoms with E-state index >= 15 is 0 Å². The van der Waals surface area contributed by atoms with Crippen LogP contribution in [-0.4, -0.2) is 35.4 Å². The minimum absolute atomic E-state index is 0.126. The van der Waals surface area contributed by atoms with Crippen molar-refractivity contribution in [3.05, 3.63) is 28.2 Å². The van der Waals surface area contributed by atoms with E-state index in [0.717, 1.165) is 41.7 Å². The van der Waals surface area contributed by atoms with Crippen LogP contribution in [0.5, 0.6) is 0 Å². The maximum Gasteiger partial charge on any atom is 0.241 e. The lowest BCUT2D eigenvalue weighted by Crippen LogP contribution is -2.39. The number of hydrogen-bond donors (Lipinski definition) is 2. The third-order valence-electron chi connectivity index (χ3n) is 3.39. The van der Waals surface area contributed by atoms with Gasteiger partial charge in [-0.3, -0.25) is 4.79 Å². The highest BCUT2D eigenvalue weighted by atomic mass is 79.9. The molecule has 2 rings (SSSR count). The molecule has 4 nitrogen and oxygen atoms in total. The van der Waals surface area contributed by atoms with Crippen molar-refractivity contribution in [2.45, 2.75) is 19.3 Å². The van der Waals surface area contributed by atoms with Crippen molar-refractivity contribution in [1.82, 2.24) is 4.90 Å². The van der Waals surface area contributed by atoms with Gasteiger partial charge < -0.3 is 16.0 Å². The van der Waals surface area contributed by atoms with Crippen LogP contribution in [0.4, 0.5) is 5.69 Å². The molecule has 1 aliphatic rings. The number of anilines is 1. The lowest BCUT2D eigenvalue weighted by Gasteiger charge is -2.27. The summed E-state index contributed by atoms with van der Waals surface area (Å²) in [7, 11) is 0. The van der Waals surface area contributed by atoms with E-state index in [2.05, 4.69) is 21.2 Å². The monoisotopic (exact) mass is 355 g/mol. The van der Waals surface area contributed by atoms with Crippen LogP contribution in [0, 0.1) is 0 Å². The van der Waals surface area contributed by atoms with Gasteiger partial charge in [0.25, 0.3) is 0 Å². The van der Waals surface area contributed by atoms with E-state index in [1.54, 1.807) is 0 Å². The Morgan fingerprint density at radius 1 is 1.35 bits per heavy atom. The van der Waals surface area contributed by atoms with E-state index < -0.39 is 0 Å². The van der Waals surface area contributed by atoms with Crippen LogP contribution >= 0.6 is 28.1 Å². The Balaban J connectivity index is 1.99. The molecule has 1 aliphatic heterocycles. The van der Waals surface area contributed by atoms with E-state index in [4.69, 9.17) is 18.0 Å². The van der Waals surface area contributed by atoms with E-state index in [9.17, 15) is 4.79 Å². The molecule has 0 aromatic heterocycles. The zero-order chi connectivity index (χ0) is 14.5. The second-order valence-electron chi connectivity index (χ2n) is 4.85. The number of halogens is 1. The normalized spacial score (nSPS) is 14.9. The largest absolute Gasteiger partial charge is 0.389 e. The van der Waals surface area contributed by atoms with Gasteiger partial charge in [0.2, 0.25) is 5.91 Å². The number of rotatable bonds is 4. The third kappa shape index (κ3) is 3.93. The third-order valence-corrected chi connectivity index (χ3v) is 4.10. The Kier molecular flexibility index (Phi) is 5.37. The molecule has 1 saturated heterocycles. The number of benzene rings is 1. The number of nitrogens with two attached hydrogens (primary N) is 1. The van der Waals surface area contributed by atoms with E-state index in [1.807, 2.05) is 23.1 Å². The molecule has 20 heavy (non-hydrogen) atoms. The minimum atomic E-state index is 0.126. The summed E-state index contributed by atoms with van der Waals surface area (Å²) < 4.78 is 0.910. The first kappa shape index (κ1) is 15.3. The number of nitrogens with zero attached hydrogens (tertiary/aromatic N) is 1. The maximum atomic E-state index is 12.1. The van der Waals surface area contributed by atoms with E-state index in [1.165, 1.54) is 6.42 Å². The second kappa shape index (κ2) is 7.04. The van der Waals surface area contributed by atoms with Crippen molar-refractivity contribution in [3.63, 3.8) is 0 Å². The molecule has 1 aromatic rings. The number of carbonyl (C=O) groups is 1. The topological polar surface area (TPSA) is 58.4 Å². The van der Waals surface area contributed by atoms with Gasteiger partial charge in [0.05, 0.1) is 6.54 Å². The van der Waals surface area contributed by atoms with Crippen LogP contribution in [0.15, 0.2) is 22.7 Å². The molecule has 0 aliphatic carbocycles. The summed E-state index contributed by atoms with van der Waals surface area (Å²) in [4.78, 5) is 14.3. The van der Waals surface area contributed by atoms with Gasteiger partial charge in [-0.25, -0.2) is 0 Å². The molecule has 0 atom stereocenters. The van der Waals surface area contributed by atoms with Crippen LogP contribution in [0.25, 0.3) is 0 Å². The van der Waals surface area contributed by atoms with Gasteiger partial charge in [-0.1, -0.05) is 28.1 Å². The molecule has 1 amide bonds. The van der Waals surface area contributed by atoms with Gasteiger partial charge in [0, 0.05) is 28.8 Å². The summed E-state index contributed by atoms with van der Waals surface area (Å²) in [6.45, 7) is 2.00. The molecule has 0 unspecified atom stereocenters. The van der Waals surface area contributed by atoms with Gasteiger partial charge in [0.15, 0.2) is 0 Å². The average molecular weight is 356 g/mol. The molecule has 0 saturated carbocycles. The summed E-state index contributed by atoms with van der Waals surface area (Å²) in [6, 6.07) is 5.63. The molecule has 0 radical (unpaired) electrons. The first-order chi connectivity index (χ1) is 9.58. The molecule has 1 heterocycles. The number of amides is 1. The number of likely N-dealkylation sites (tertiary alicyclic amines) is 1. The van der Waals surface area contributed by atoms with Crippen LogP contribution < -0.4 is 11.1 Å². The highest BCUT2D eigenvalue weighted by molar-refractivity contribution is 9.10. The lowest BCUT2D eigenvalue weighted by atomic mass is 10.1. The van der Waals surface area contributed by atoms with Crippen LogP contribution in [0.2, 0.25) is 0 Å². The fourth-order valence-electron chi connectivity index (χ4n) is 2.30. The number of thiocarbonyl (C=S) groups is 1. The number of carbonyl (C=O) groups excluding carboxylic acids is 1. The molecular formula is C14H18BrN3OS. The lowest BCUT2D eigenvalue weighted by molar-refractivity contribution is -0.130. The first-order valence-corrected chi connectivity index (χ1v) is 7.89. The smallest absolute Gasteiger partial charge is 0.241 e. The summed E-state index contributed by atoms with van der Waals surface area (Å²) in [5.41, 5.74) is 7.26.